The van der Waals surface area contributed by atoms with Crippen molar-refractivity contribution in [1.82, 2.24) is 0 Å². The van der Waals surface area contributed by atoms with Crippen LogP contribution in [0, 0.1) is 11.7 Å². The van der Waals surface area contributed by atoms with Crippen molar-refractivity contribution in [3.63, 3.8) is 0 Å². The standard InChI is InChI=1S/C16H22ClFO2/c1-11-5-7-16(20-2,8-6-11)15(19)9-12-3-4-13(17)10-14(12)18/h3-4,10-11,15,19H,5-9H2,1-2H3. The van der Waals surface area contributed by atoms with Gasteiger partial charge in [0.15, 0.2) is 0 Å². The van der Waals surface area contributed by atoms with Gasteiger partial charge in [0.1, 0.15) is 5.82 Å². The fraction of sp³-hybridized carbons (Fsp3) is 0.625. The highest BCUT2D eigenvalue weighted by molar-refractivity contribution is 6.30. The lowest BCUT2D eigenvalue weighted by atomic mass is 9.75. The van der Waals surface area contributed by atoms with E-state index < -0.39 is 11.7 Å². The maximum absolute atomic E-state index is 13.8. The van der Waals surface area contributed by atoms with Crippen molar-refractivity contribution in [1.29, 1.82) is 0 Å². The Hall–Kier alpha value is -0.640. The van der Waals surface area contributed by atoms with Gasteiger partial charge in [0.25, 0.3) is 0 Å². The van der Waals surface area contributed by atoms with Gasteiger partial charge in [-0.15, -0.1) is 0 Å². The molecule has 2 rings (SSSR count). The van der Waals surface area contributed by atoms with Gasteiger partial charge >= 0.3 is 0 Å². The molecule has 0 bridgehead atoms. The molecule has 1 aromatic rings. The van der Waals surface area contributed by atoms with E-state index in [-0.39, 0.29) is 12.2 Å². The molecule has 1 aromatic carbocycles. The Morgan fingerprint density at radius 1 is 1.45 bits per heavy atom. The van der Waals surface area contributed by atoms with Crippen LogP contribution in [0.5, 0.6) is 0 Å². The van der Waals surface area contributed by atoms with E-state index in [1.54, 1.807) is 19.2 Å². The number of rotatable bonds is 4. The Kier molecular flexibility index (Phi) is 5.05. The number of benzene rings is 1. The van der Waals surface area contributed by atoms with Crippen LogP contribution < -0.4 is 0 Å². The van der Waals surface area contributed by atoms with Crippen molar-refractivity contribution in [3.05, 3.63) is 34.6 Å². The molecule has 20 heavy (non-hydrogen) atoms. The van der Waals surface area contributed by atoms with Crippen molar-refractivity contribution in [2.75, 3.05) is 7.11 Å². The minimum Gasteiger partial charge on any atom is -0.390 e. The first-order chi connectivity index (χ1) is 9.47. The monoisotopic (exact) mass is 300 g/mol. The number of methoxy groups -OCH3 is 1. The lowest BCUT2D eigenvalue weighted by molar-refractivity contribution is -0.127. The van der Waals surface area contributed by atoms with E-state index in [2.05, 4.69) is 6.92 Å². The van der Waals surface area contributed by atoms with E-state index in [0.717, 1.165) is 25.7 Å². The summed E-state index contributed by atoms with van der Waals surface area (Å²) in [6.07, 6.45) is 3.27. The Labute approximate surface area is 124 Å². The summed E-state index contributed by atoms with van der Waals surface area (Å²) in [4.78, 5) is 0. The molecule has 1 saturated carbocycles. The largest absolute Gasteiger partial charge is 0.390 e. The fourth-order valence-electron chi connectivity index (χ4n) is 3.01. The van der Waals surface area contributed by atoms with Crippen LogP contribution in [-0.2, 0) is 11.2 Å². The molecule has 0 amide bonds. The van der Waals surface area contributed by atoms with Crippen molar-refractivity contribution in [2.45, 2.75) is 50.7 Å². The van der Waals surface area contributed by atoms with Gasteiger partial charge in [-0.2, -0.15) is 0 Å². The molecular weight excluding hydrogens is 279 g/mol. The van der Waals surface area contributed by atoms with Gasteiger partial charge in [-0.05, 0) is 49.3 Å². The van der Waals surface area contributed by atoms with Gasteiger partial charge in [-0.3, -0.25) is 0 Å². The Bertz CT molecular complexity index is 456. The summed E-state index contributed by atoms with van der Waals surface area (Å²) in [6, 6.07) is 4.57. The van der Waals surface area contributed by atoms with Gasteiger partial charge in [0.05, 0.1) is 11.7 Å². The third-order valence-electron chi connectivity index (χ3n) is 4.56. The predicted molar refractivity (Wildman–Crippen MR) is 78.5 cm³/mol. The molecule has 112 valence electrons. The number of aliphatic hydroxyl groups excluding tert-OH is 1. The second kappa shape index (κ2) is 6.42. The maximum atomic E-state index is 13.8. The average Bonchev–Trinajstić information content (AvgIpc) is 2.43. The molecule has 0 spiro atoms. The molecule has 0 heterocycles. The minimum absolute atomic E-state index is 0.255. The average molecular weight is 301 g/mol. The lowest BCUT2D eigenvalue weighted by Gasteiger charge is -2.41. The summed E-state index contributed by atoms with van der Waals surface area (Å²) >= 11 is 5.75. The van der Waals surface area contributed by atoms with Crippen LogP contribution in [0.4, 0.5) is 4.39 Å². The molecule has 1 aliphatic rings. The summed E-state index contributed by atoms with van der Waals surface area (Å²) in [5, 5.41) is 10.9. The fourth-order valence-corrected chi connectivity index (χ4v) is 3.16. The van der Waals surface area contributed by atoms with E-state index in [0.29, 0.717) is 16.5 Å². The predicted octanol–water partition coefficient (Wildman–Crippen LogP) is 3.98. The van der Waals surface area contributed by atoms with E-state index in [1.807, 2.05) is 0 Å². The van der Waals surface area contributed by atoms with Gasteiger partial charge in [0, 0.05) is 18.6 Å². The highest BCUT2D eigenvalue weighted by atomic mass is 35.5. The Morgan fingerprint density at radius 2 is 2.10 bits per heavy atom. The van der Waals surface area contributed by atoms with Crippen molar-refractivity contribution in [3.8, 4) is 0 Å². The quantitative estimate of drug-likeness (QED) is 0.911. The minimum atomic E-state index is -0.698. The van der Waals surface area contributed by atoms with Gasteiger partial charge in [-0.25, -0.2) is 4.39 Å². The molecule has 1 atom stereocenters. The Morgan fingerprint density at radius 3 is 2.65 bits per heavy atom. The maximum Gasteiger partial charge on any atom is 0.127 e. The third-order valence-corrected chi connectivity index (χ3v) is 4.80. The van der Waals surface area contributed by atoms with Crippen molar-refractivity contribution < 1.29 is 14.2 Å². The van der Waals surface area contributed by atoms with E-state index in [4.69, 9.17) is 16.3 Å². The summed E-state index contributed by atoms with van der Waals surface area (Å²) in [5.74, 6) is 0.296. The van der Waals surface area contributed by atoms with Gasteiger partial charge in [-0.1, -0.05) is 24.6 Å². The number of aliphatic hydroxyl groups is 1. The number of hydrogen-bond donors (Lipinski definition) is 1. The highest BCUT2D eigenvalue weighted by Crippen LogP contribution is 2.38. The second-order valence-corrected chi connectivity index (χ2v) is 6.34. The molecule has 1 N–H and O–H groups in total. The normalized spacial score (nSPS) is 28.4. The van der Waals surface area contributed by atoms with Crippen molar-refractivity contribution in [2.24, 2.45) is 5.92 Å². The Balaban J connectivity index is 2.11. The first kappa shape index (κ1) is 15.7. The van der Waals surface area contributed by atoms with E-state index >= 15 is 0 Å². The molecule has 0 aromatic heterocycles. The third kappa shape index (κ3) is 3.33. The molecule has 4 heteroatoms. The van der Waals surface area contributed by atoms with Crippen LogP contribution in [0.15, 0.2) is 18.2 Å². The zero-order chi connectivity index (χ0) is 14.8. The number of hydrogen-bond acceptors (Lipinski definition) is 2. The SMILES string of the molecule is COC1(C(O)Cc2ccc(Cl)cc2F)CCC(C)CC1. The van der Waals surface area contributed by atoms with Crippen LogP contribution in [0.1, 0.15) is 38.2 Å². The molecule has 0 aliphatic heterocycles. The number of ether oxygens (including phenoxy) is 1. The van der Waals surface area contributed by atoms with E-state index in [9.17, 15) is 9.50 Å². The van der Waals surface area contributed by atoms with Crippen LogP contribution in [0.3, 0.4) is 0 Å². The van der Waals surface area contributed by atoms with Crippen molar-refractivity contribution >= 4 is 11.6 Å². The summed E-state index contributed by atoms with van der Waals surface area (Å²) < 4.78 is 19.5. The molecule has 1 unspecified atom stereocenters. The molecule has 2 nitrogen and oxygen atoms in total. The smallest absolute Gasteiger partial charge is 0.127 e. The first-order valence-corrected chi connectivity index (χ1v) is 7.52. The second-order valence-electron chi connectivity index (χ2n) is 5.91. The van der Waals surface area contributed by atoms with Gasteiger partial charge in [0.2, 0.25) is 0 Å². The van der Waals surface area contributed by atoms with Crippen LogP contribution in [0.25, 0.3) is 0 Å². The lowest BCUT2D eigenvalue weighted by Crippen LogP contribution is -2.48. The molecule has 0 radical (unpaired) electrons. The molecule has 1 fully saturated rings. The molecular formula is C16H22ClFO2. The van der Waals surface area contributed by atoms with Gasteiger partial charge < -0.3 is 9.84 Å². The highest BCUT2D eigenvalue weighted by Gasteiger charge is 2.40. The topological polar surface area (TPSA) is 29.5 Å². The van der Waals surface area contributed by atoms with Crippen LogP contribution in [-0.4, -0.2) is 23.9 Å². The summed E-state index contributed by atoms with van der Waals surface area (Å²) in [6.45, 7) is 2.21. The molecule has 0 saturated heterocycles. The zero-order valence-electron chi connectivity index (χ0n) is 12.0. The molecule has 1 aliphatic carbocycles. The van der Waals surface area contributed by atoms with Crippen LogP contribution >= 0.6 is 11.6 Å². The summed E-state index contributed by atoms with van der Waals surface area (Å²) in [5.41, 5.74) is -0.0598. The summed E-state index contributed by atoms with van der Waals surface area (Å²) in [7, 11) is 1.64. The first-order valence-electron chi connectivity index (χ1n) is 7.14. The van der Waals surface area contributed by atoms with E-state index in [1.165, 1.54) is 6.07 Å². The number of halogens is 2. The zero-order valence-corrected chi connectivity index (χ0v) is 12.8. The van der Waals surface area contributed by atoms with Crippen LogP contribution in [0.2, 0.25) is 5.02 Å².